The van der Waals surface area contributed by atoms with Gasteiger partial charge < -0.3 is 18.0 Å². The molecule has 6 heteroatoms. The zero-order valence-corrected chi connectivity index (χ0v) is 10.9. The van der Waals surface area contributed by atoms with Crippen LogP contribution in [0.5, 0.6) is 0 Å². The lowest BCUT2D eigenvalue weighted by Gasteiger charge is -2.23. The number of hydrogen-bond donors (Lipinski definition) is 0. The van der Waals surface area contributed by atoms with Gasteiger partial charge in [-0.05, 0) is 13.3 Å². The minimum Gasteiger partial charge on any atom is -0.466 e. The van der Waals surface area contributed by atoms with Gasteiger partial charge in [0.1, 0.15) is 0 Å². The van der Waals surface area contributed by atoms with Crippen molar-refractivity contribution in [3.63, 3.8) is 0 Å². The molecule has 0 unspecified atom stereocenters. The van der Waals surface area contributed by atoms with Crippen LogP contribution in [0.15, 0.2) is 0 Å². The van der Waals surface area contributed by atoms with E-state index in [1.807, 2.05) is 0 Å². The molecule has 90 valence electrons. The summed E-state index contributed by atoms with van der Waals surface area (Å²) < 4.78 is 20.5. The van der Waals surface area contributed by atoms with Gasteiger partial charge in [-0.1, -0.05) is 0 Å². The lowest BCUT2D eigenvalue weighted by molar-refractivity contribution is -0.143. The summed E-state index contributed by atoms with van der Waals surface area (Å²) in [7, 11) is 2.16. The monoisotopic (exact) mass is 236 g/mol. The Kier molecular flexibility index (Phi) is 7.58. The van der Waals surface area contributed by atoms with E-state index in [9.17, 15) is 4.79 Å². The van der Waals surface area contributed by atoms with Crippen molar-refractivity contribution in [3.05, 3.63) is 0 Å². The van der Waals surface area contributed by atoms with E-state index in [1.54, 1.807) is 28.3 Å². The van der Waals surface area contributed by atoms with E-state index in [0.29, 0.717) is 25.5 Å². The van der Waals surface area contributed by atoms with Gasteiger partial charge in [0.15, 0.2) is 0 Å². The molecule has 0 bridgehead atoms. The van der Waals surface area contributed by atoms with Crippen molar-refractivity contribution in [3.8, 4) is 0 Å². The molecule has 0 aromatic carbocycles. The van der Waals surface area contributed by atoms with Gasteiger partial charge in [-0.3, -0.25) is 4.79 Å². The van der Waals surface area contributed by atoms with Gasteiger partial charge in [0.25, 0.3) is 0 Å². The topological polar surface area (TPSA) is 54.0 Å². The quantitative estimate of drug-likeness (QED) is 0.468. The van der Waals surface area contributed by atoms with Crippen molar-refractivity contribution < 1.29 is 22.8 Å². The van der Waals surface area contributed by atoms with E-state index in [1.165, 1.54) is 0 Å². The minimum atomic E-state index is -2.51. The molecule has 0 aliphatic heterocycles. The molecule has 0 amide bonds. The van der Waals surface area contributed by atoms with Gasteiger partial charge >= 0.3 is 14.8 Å². The second-order valence-corrected chi connectivity index (χ2v) is 6.04. The summed E-state index contributed by atoms with van der Waals surface area (Å²) in [5.74, 6) is -0.191. The number of hydrogen-bond acceptors (Lipinski definition) is 5. The third-order valence-corrected chi connectivity index (χ3v) is 4.93. The average Bonchev–Trinajstić information content (AvgIpc) is 2.25. The molecule has 0 aromatic rings. The maximum Gasteiger partial charge on any atom is 0.500 e. The second kappa shape index (κ2) is 7.81. The fourth-order valence-electron chi connectivity index (χ4n) is 1.24. The highest BCUT2D eigenvalue weighted by atomic mass is 28.4. The number of rotatable bonds is 8. The molecule has 0 aromatic heterocycles. The second-order valence-electron chi connectivity index (χ2n) is 2.95. The summed E-state index contributed by atoms with van der Waals surface area (Å²) in [6.07, 6.45) is 1.03. The Morgan fingerprint density at radius 3 is 2.07 bits per heavy atom. The minimum absolute atomic E-state index is 0.191. The van der Waals surface area contributed by atoms with E-state index >= 15 is 0 Å². The van der Waals surface area contributed by atoms with E-state index in [-0.39, 0.29) is 5.97 Å². The van der Waals surface area contributed by atoms with Crippen LogP contribution in [-0.2, 0) is 22.8 Å². The van der Waals surface area contributed by atoms with Crippen LogP contribution in [0.3, 0.4) is 0 Å². The van der Waals surface area contributed by atoms with Crippen LogP contribution in [0, 0.1) is 0 Å². The van der Waals surface area contributed by atoms with Gasteiger partial charge in [0.05, 0.1) is 6.61 Å². The zero-order chi connectivity index (χ0) is 11.7. The Bertz CT molecular complexity index is 173. The zero-order valence-electron chi connectivity index (χ0n) is 9.87. The highest BCUT2D eigenvalue weighted by Crippen LogP contribution is 2.16. The van der Waals surface area contributed by atoms with Crippen LogP contribution in [0.2, 0.25) is 6.04 Å². The first kappa shape index (κ1) is 14.6. The lowest BCUT2D eigenvalue weighted by atomic mass is 10.3. The fraction of sp³-hybridized carbons (Fsp3) is 0.889. The molecular weight excluding hydrogens is 216 g/mol. The highest BCUT2D eigenvalue weighted by molar-refractivity contribution is 6.60. The molecule has 0 atom stereocenters. The van der Waals surface area contributed by atoms with Gasteiger partial charge in [-0.15, -0.1) is 0 Å². The molecule has 0 rings (SSSR count). The normalized spacial score (nSPS) is 11.5. The summed E-state index contributed by atoms with van der Waals surface area (Å²) in [5, 5.41) is 0. The third kappa shape index (κ3) is 5.27. The predicted octanol–water partition coefficient (Wildman–Crippen LogP) is 1.21. The molecule has 0 heterocycles. The van der Waals surface area contributed by atoms with Crippen molar-refractivity contribution in [2.45, 2.75) is 25.8 Å². The SMILES string of the molecule is CCOC(=O)CCC[Si](OC)(OC)OC. The molecule has 0 fully saturated rings. The molecule has 0 saturated heterocycles. The van der Waals surface area contributed by atoms with Crippen molar-refractivity contribution in [2.75, 3.05) is 27.9 Å². The van der Waals surface area contributed by atoms with Gasteiger partial charge in [0.2, 0.25) is 0 Å². The van der Waals surface area contributed by atoms with Crippen LogP contribution in [0.4, 0.5) is 0 Å². The summed E-state index contributed by atoms with van der Waals surface area (Å²) in [6.45, 7) is 2.21. The molecular formula is C9H20O5Si. The molecule has 0 N–H and O–H groups in total. The molecule has 0 saturated carbocycles. The summed E-state index contributed by atoms with van der Waals surface area (Å²) in [6, 6.07) is 0.620. The lowest BCUT2D eigenvalue weighted by Crippen LogP contribution is -2.42. The average molecular weight is 236 g/mol. The smallest absolute Gasteiger partial charge is 0.466 e. The molecule has 5 nitrogen and oxygen atoms in total. The number of carbonyl (C=O) groups excluding carboxylic acids is 1. The van der Waals surface area contributed by atoms with E-state index in [0.717, 1.165) is 0 Å². The Labute approximate surface area is 92.0 Å². The van der Waals surface area contributed by atoms with Crippen LogP contribution < -0.4 is 0 Å². The number of esters is 1. The fourth-order valence-corrected chi connectivity index (χ4v) is 2.96. The Hall–Kier alpha value is -0.433. The van der Waals surface area contributed by atoms with Crippen molar-refractivity contribution in [1.82, 2.24) is 0 Å². The van der Waals surface area contributed by atoms with Crippen LogP contribution in [-0.4, -0.2) is 42.7 Å². The van der Waals surface area contributed by atoms with Crippen LogP contribution in [0.1, 0.15) is 19.8 Å². The first-order valence-electron chi connectivity index (χ1n) is 4.95. The number of ether oxygens (including phenoxy) is 1. The number of carbonyl (C=O) groups is 1. The molecule has 0 spiro atoms. The summed E-state index contributed by atoms with van der Waals surface area (Å²) in [5.41, 5.74) is 0. The van der Waals surface area contributed by atoms with Gasteiger partial charge in [-0.25, -0.2) is 0 Å². The summed E-state index contributed by atoms with van der Waals surface area (Å²) in [4.78, 5) is 11.1. The van der Waals surface area contributed by atoms with Gasteiger partial charge in [-0.2, -0.15) is 0 Å². The third-order valence-electron chi connectivity index (χ3n) is 2.10. The molecule has 15 heavy (non-hydrogen) atoms. The molecule has 0 aliphatic rings. The maximum absolute atomic E-state index is 11.1. The van der Waals surface area contributed by atoms with Crippen molar-refractivity contribution in [2.24, 2.45) is 0 Å². The Balaban J connectivity index is 3.85. The van der Waals surface area contributed by atoms with E-state index in [4.69, 9.17) is 18.0 Å². The van der Waals surface area contributed by atoms with Crippen LogP contribution >= 0.6 is 0 Å². The van der Waals surface area contributed by atoms with Crippen molar-refractivity contribution in [1.29, 1.82) is 0 Å². The standard InChI is InChI=1S/C9H20O5Si/c1-5-14-9(10)7-6-8-15(11-2,12-3)13-4/h5-8H2,1-4H3. The van der Waals surface area contributed by atoms with Crippen molar-refractivity contribution >= 4 is 14.8 Å². The summed E-state index contributed by atoms with van der Waals surface area (Å²) >= 11 is 0. The largest absolute Gasteiger partial charge is 0.500 e. The highest BCUT2D eigenvalue weighted by Gasteiger charge is 2.37. The Morgan fingerprint density at radius 2 is 1.67 bits per heavy atom. The molecule has 0 aliphatic carbocycles. The molecule has 0 radical (unpaired) electrons. The Morgan fingerprint density at radius 1 is 1.13 bits per heavy atom. The first-order chi connectivity index (χ1) is 7.14. The van der Waals surface area contributed by atoms with E-state index < -0.39 is 8.80 Å². The maximum atomic E-state index is 11.1. The predicted molar refractivity (Wildman–Crippen MR) is 57.5 cm³/mol. The first-order valence-corrected chi connectivity index (χ1v) is 6.88. The van der Waals surface area contributed by atoms with E-state index in [2.05, 4.69) is 0 Å². The van der Waals surface area contributed by atoms with Gasteiger partial charge in [0, 0.05) is 33.8 Å². The van der Waals surface area contributed by atoms with Crippen LogP contribution in [0.25, 0.3) is 0 Å².